The van der Waals surface area contributed by atoms with E-state index in [2.05, 4.69) is 25.3 Å². The molecule has 3 aromatic carbocycles. The summed E-state index contributed by atoms with van der Waals surface area (Å²) in [6, 6.07) is 19.0. The number of benzene rings is 3. The second-order valence-corrected chi connectivity index (χ2v) is 15.7. The van der Waals surface area contributed by atoms with Gasteiger partial charge in [0.25, 0.3) is 6.33 Å². The molecular formula is C43H55ClF2N10O6. The second kappa shape index (κ2) is 20.5. The first-order chi connectivity index (χ1) is 29.5. The van der Waals surface area contributed by atoms with E-state index in [1.807, 2.05) is 55.5 Å². The number of anilines is 2. The molecule has 0 saturated carbocycles. The minimum absolute atomic E-state index is 0. The molecule has 16 nitrogen and oxygen atoms in total. The van der Waals surface area contributed by atoms with Gasteiger partial charge in [-0.1, -0.05) is 13.0 Å². The molecule has 7 rings (SSSR count). The van der Waals surface area contributed by atoms with E-state index < -0.39 is 35.7 Å². The zero-order chi connectivity index (χ0) is 43.1. The van der Waals surface area contributed by atoms with Gasteiger partial charge in [-0.3, -0.25) is 0 Å². The number of rotatable bonds is 17. The molecule has 2 fully saturated rings. The summed E-state index contributed by atoms with van der Waals surface area (Å²) in [7, 11) is 0. The summed E-state index contributed by atoms with van der Waals surface area (Å²) >= 11 is 0. The lowest BCUT2D eigenvalue weighted by molar-refractivity contribution is -0.753. The van der Waals surface area contributed by atoms with Gasteiger partial charge in [0.15, 0.2) is 0 Å². The van der Waals surface area contributed by atoms with Gasteiger partial charge in [-0.05, 0) is 87.3 Å². The van der Waals surface area contributed by atoms with E-state index in [9.17, 15) is 19.1 Å². The Morgan fingerprint density at radius 2 is 1.68 bits per heavy atom. The summed E-state index contributed by atoms with van der Waals surface area (Å²) in [5.74, 6) is -0.795. The third-order valence-electron chi connectivity index (χ3n) is 11.4. The quantitative estimate of drug-likeness (QED) is 0.0903. The lowest BCUT2D eigenvalue weighted by Gasteiger charge is -2.37. The molecule has 0 aliphatic carbocycles. The molecule has 4 N–H and O–H groups in total. The van der Waals surface area contributed by atoms with E-state index in [-0.39, 0.29) is 48.8 Å². The molecule has 2 aliphatic heterocycles. The van der Waals surface area contributed by atoms with E-state index in [1.54, 1.807) is 29.4 Å². The number of halogens is 3. The lowest BCUT2D eigenvalue weighted by atomic mass is 9.87. The summed E-state index contributed by atoms with van der Waals surface area (Å²) in [6.45, 7) is 10.1. The predicted molar refractivity (Wildman–Crippen MR) is 223 cm³/mol. The summed E-state index contributed by atoms with van der Waals surface area (Å²) in [6.07, 6.45) is 4.33. The molecule has 2 saturated heterocycles. The Labute approximate surface area is 365 Å². The molecule has 334 valence electrons. The average molecular weight is 881 g/mol. The third kappa shape index (κ3) is 10.5. The summed E-state index contributed by atoms with van der Waals surface area (Å²) in [5.41, 5.74) is 7.14. The minimum Gasteiger partial charge on any atom is -1.00 e. The highest BCUT2D eigenvalue weighted by molar-refractivity contribution is 5.67. The largest absolute Gasteiger partial charge is 1.00 e. The zero-order valence-electron chi connectivity index (χ0n) is 35.2. The smallest absolute Gasteiger partial charge is 0.410 e. The highest BCUT2D eigenvalue weighted by Gasteiger charge is 2.46. The normalized spacial score (nSPS) is 19.1. The molecule has 5 atom stereocenters. The van der Waals surface area contributed by atoms with Crippen molar-refractivity contribution in [2.24, 2.45) is 11.7 Å². The van der Waals surface area contributed by atoms with E-state index in [1.165, 1.54) is 34.0 Å². The van der Waals surface area contributed by atoms with Crippen molar-refractivity contribution in [3.8, 4) is 11.4 Å². The van der Waals surface area contributed by atoms with Crippen LogP contribution >= 0.6 is 0 Å². The van der Waals surface area contributed by atoms with E-state index in [0.717, 1.165) is 43.6 Å². The number of ether oxygens (including phenoxy) is 3. The lowest BCUT2D eigenvalue weighted by Crippen LogP contribution is -3.00. The molecule has 2 aromatic heterocycles. The van der Waals surface area contributed by atoms with Gasteiger partial charge >= 0.3 is 11.8 Å². The monoisotopic (exact) mass is 880 g/mol. The van der Waals surface area contributed by atoms with Crippen LogP contribution in [-0.2, 0) is 21.6 Å². The van der Waals surface area contributed by atoms with Gasteiger partial charge in [0.1, 0.15) is 35.9 Å². The van der Waals surface area contributed by atoms with Crippen molar-refractivity contribution >= 4 is 17.5 Å². The van der Waals surface area contributed by atoms with Crippen molar-refractivity contribution in [3.05, 3.63) is 113 Å². The van der Waals surface area contributed by atoms with E-state index in [0.29, 0.717) is 50.4 Å². The molecule has 19 heteroatoms. The van der Waals surface area contributed by atoms with Crippen LogP contribution in [0, 0.1) is 17.6 Å². The molecule has 1 amide bonds. The van der Waals surface area contributed by atoms with Crippen LogP contribution in [-0.4, -0.2) is 93.9 Å². The molecular weight excluding hydrogens is 826 g/mol. The van der Waals surface area contributed by atoms with Crippen molar-refractivity contribution < 1.29 is 49.9 Å². The molecule has 0 radical (unpaired) electrons. The third-order valence-corrected chi connectivity index (χ3v) is 11.4. The molecule has 1 unspecified atom stereocenters. The highest BCUT2D eigenvalue weighted by atomic mass is 35.5. The average Bonchev–Trinajstić information content (AvgIpc) is 4.00. The predicted octanol–water partition coefficient (Wildman–Crippen LogP) is 1.06. The topological polar surface area (TPSA) is 171 Å². The molecule has 4 heterocycles. The van der Waals surface area contributed by atoms with E-state index >= 15 is 4.39 Å². The Bertz CT molecular complexity index is 2280. The van der Waals surface area contributed by atoms with Gasteiger partial charge in [-0.2, -0.15) is 9.67 Å². The van der Waals surface area contributed by atoms with Crippen LogP contribution in [0.3, 0.4) is 0 Å². The van der Waals surface area contributed by atoms with Crippen molar-refractivity contribution in [1.82, 2.24) is 29.4 Å². The maximum atomic E-state index is 15.4. The number of aliphatic hydroxyl groups is 1. The van der Waals surface area contributed by atoms with Gasteiger partial charge in [0.05, 0.1) is 31.0 Å². The molecule has 0 bridgehead atoms. The maximum Gasteiger partial charge on any atom is 0.410 e. The van der Waals surface area contributed by atoms with E-state index in [4.69, 9.17) is 19.9 Å². The van der Waals surface area contributed by atoms with Crippen LogP contribution in [0.1, 0.15) is 57.9 Å². The standard InChI is InChI=1S/C43H54F2N10O6.ClH/c1-4-40(30(2)56)55-42(58)54(28-49-55)36-9-7-34(8-10-36)50-18-20-51(21-19-50)35-11-13-37(14-12-35)59-24-32-23-43(60-25-32,38-15-6-33(44)22-39(38)45)26-53-29-52(27-48-53)31(3)61-41(57)47-17-5-16-46;/h6-15,22,27-32,40,56H,4-5,16-21,23-26,46H2,1-3H3;1H/t30-,31?,32+,40-,43-;/m0./s1. The van der Waals surface area contributed by atoms with Crippen molar-refractivity contribution in [2.45, 2.75) is 70.6 Å². The number of hydrogen-bond donors (Lipinski definition) is 3. The zero-order valence-corrected chi connectivity index (χ0v) is 35.9. The highest BCUT2D eigenvalue weighted by Crippen LogP contribution is 2.42. The van der Waals surface area contributed by atoms with Crippen molar-refractivity contribution in [3.63, 3.8) is 0 Å². The number of aromatic nitrogens is 6. The first-order valence-electron chi connectivity index (χ1n) is 20.8. The Balaban J connectivity index is 0.00000641. The summed E-state index contributed by atoms with van der Waals surface area (Å²) in [4.78, 5) is 29.9. The fourth-order valence-electron chi connectivity index (χ4n) is 8.08. The number of nitrogens with zero attached hydrogens (tertiary/aromatic N) is 8. The van der Waals surface area contributed by atoms with Crippen LogP contribution in [0.5, 0.6) is 5.75 Å². The number of carbonyl (C=O) groups excluding carboxylic acids is 1. The fourth-order valence-corrected chi connectivity index (χ4v) is 8.08. The number of amides is 1. The van der Waals surface area contributed by atoms with Crippen LogP contribution < -0.4 is 48.3 Å². The number of piperazine rings is 1. The summed E-state index contributed by atoms with van der Waals surface area (Å²) < 4.78 is 53.5. The number of aliphatic hydroxyl groups excluding tert-OH is 1. The molecule has 5 aromatic rings. The Morgan fingerprint density at radius 3 is 2.31 bits per heavy atom. The first-order valence-corrected chi connectivity index (χ1v) is 20.8. The minimum atomic E-state index is -1.16. The number of hydrogen-bond acceptors (Lipinski definition) is 11. The van der Waals surface area contributed by atoms with Crippen LogP contribution in [0.15, 0.2) is 90.5 Å². The van der Waals surface area contributed by atoms with Crippen molar-refractivity contribution in [1.29, 1.82) is 0 Å². The number of alkyl carbamates (subject to hydrolysis) is 1. The molecule has 2 aliphatic rings. The Kier molecular flexibility index (Phi) is 15.2. The Morgan fingerprint density at radius 1 is 1.02 bits per heavy atom. The second-order valence-electron chi connectivity index (χ2n) is 15.7. The molecule has 62 heavy (non-hydrogen) atoms. The van der Waals surface area contributed by atoms with Gasteiger partial charge in [-0.25, -0.2) is 27.6 Å². The van der Waals surface area contributed by atoms with Crippen LogP contribution in [0.25, 0.3) is 5.69 Å². The maximum absolute atomic E-state index is 15.4. The Hall–Kier alpha value is -5.56. The van der Waals surface area contributed by atoms with Gasteiger partial charge < -0.3 is 52.6 Å². The number of nitrogens with one attached hydrogen (secondary N) is 1. The van der Waals surface area contributed by atoms with Gasteiger partial charge in [0.2, 0.25) is 12.6 Å². The van der Waals surface area contributed by atoms with Gasteiger partial charge in [-0.15, -0.1) is 4.68 Å². The fraction of sp³-hybridized carbons (Fsp3) is 0.465. The number of nitrogens with two attached hydrogens (primary N) is 1. The van der Waals surface area contributed by atoms with Crippen LogP contribution in [0.2, 0.25) is 0 Å². The van der Waals surface area contributed by atoms with Crippen LogP contribution in [0.4, 0.5) is 25.0 Å². The van der Waals surface area contributed by atoms with Gasteiger partial charge in [0, 0.05) is 73.7 Å². The summed E-state index contributed by atoms with van der Waals surface area (Å²) in [5, 5.41) is 21.4. The SMILES string of the molecule is CC[C@@H]([C@H](C)O)n1ncn(-c2ccc(N3CCN(c4ccc(OC[C@@H]5CO[C@@](Cn6c[n+](C(C)OC(=O)NCCCN)cn6)(c6ccc(F)cc6F)C5)cc4)CC3)cc2)c1=O.[Cl-]. The first kappa shape index (κ1) is 46.0. The van der Waals surface area contributed by atoms with Crippen molar-refractivity contribution in [2.75, 3.05) is 62.3 Å². The molecule has 0 spiro atoms. The number of carbonyl (C=O) groups is 1.